The molecule has 0 rings (SSSR count). The van der Waals surface area contributed by atoms with E-state index in [0.717, 1.165) is 25.8 Å². The van der Waals surface area contributed by atoms with Gasteiger partial charge in [-0.05, 0) is 45.3 Å². The summed E-state index contributed by atoms with van der Waals surface area (Å²) in [4.78, 5) is 2.18. The van der Waals surface area contributed by atoms with Crippen LogP contribution in [-0.2, 0) is 0 Å². The molecular weight excluding hydrogens is 222 g/mol. The van der Waals surface area contributed by atoms with Crippen LogP contribution in [0.25, 0.3) is 0 Å². The van der Waals surface area contributed by atoms with Crippen LogP contribution in [0.15, 0.2) is 0 Å². The summed E-state index contributed by atoms with van der Waals surface area (Å²) in [6, 6.07) is 0. The van der Waals surface area contributed by atoms with E-state index >= 15 is 0 Å². The van der Waals surface area contributed by atoms with Crippen LogP contribution < -0.4 is 0 Å². The van der Waals surface area contributed by atoms with E-state index in [0.29, 0.717) is 6.61 Å². The van der Waals surface area contributed by atoms with E-state index in [-0.39, 0.29) is 5.41 Å². The van der Waals surface area contributed by atoms with E-state index in [1.807, 2.05) is 41.5 Å². The molecule has 2 nitrogen and oxygen atoms in total. The second-order valence-corrected chi connectivity index (χ2v) is 3.92. The molecule has 0 aromatic carbocycles. The topological polar surface area (TPSA) is 23.5 Å². The SMILES string of the molecule is CC.CC.CC.CCC(CC)(CO)CCN(C)C. The average molecular weight is 264 g/mol. The maximum absolute atomic E-state index is 9.27. The molecule has 2 heteroatoms. The zero-order valence-electron chi connectivity index (χ0n) is 14.9. The maximum atomic E-state index is 9.27. The summed E-state index contributed by atoms with van der Waals surface area (Å²) in [6.07, 6.45) is 3.26. The Kier molecular flexibility index (Phi) is 32.6. The Balaban J connectivity index is -0.000000141. The molecule has 0 atom stereocenters. The Labute approximate surface area is 118 Å². The average Bonchev–Trinajstić information content (AvgIpc) is 2.47. The van der Waals surface area contributed by atoms with E-state index in [4.69, 9.17) is 0 Å². The molecule has 0 amide bonds. The fraction of sp³-hybridized carbons (Fsp3) is 1.00. The van der Waals surface area contributed by atoms with Gasteiger partial charge in [-0.25, -0.2) is 0 Å². The minimum absolute atomic E-state index is 0.171. The maximum Gasteiger partial charge on any atom is 0.0487 e. The fourth-order valence-electron chi connectivity index (χ4n) is 1.37. The van der Waals surface area contributed by atoms with Crippen molar-refractivity contribution in [2.75, 3.05) is 27.2 Å². The third kappa shape index (κ3) is 15.9. The van der Waals surface area contributed by atoms with Gasteiger partial charge in [0.1, 0.15) is 0 Å². The first-order chi connectivity index (χ1) is 8.60. The summed E-state index contributed by atoms with van der Waals surface area (Å²) in [5, 5.41) is 9.27. The van der Waals surface area contributed by atoms with Crippen LogP contribution in [0.1, 0.15) is 74.7 Å². The van der Waals surface area contributed by atoms with Gasteiger partial charge in [-0.2, -0.15) is 0 Å². The zero-order valence-corrected chi connectivity index (χ0v) is 14.9. The highest BCUT2D eigenvalue weighted by molar-refractivity contribution is 4.76. The van der Waals surface area contributed by atoms with Crippen molar-refractivity contribution in [2.45, 2.75) is 74.7 Å². The minimum atomic E-state index is 0.171. The molecule has 0 radical (unpaired) electrons. The highest BCUT2D eigenvalue weighted by atomic mass is 16.3. The van der Waals surface area contributed by atoms with Gasteiger partial charge in [0.05, 0.1) is 0 Å². The van der Waals surface area contributed by atoms with Crippen molar-refractivity contribution in [1.82, 2.24) is 4.90 Å². The number of rotatable bonds is 6. The van der Waals surface area contributed by atoms with Gasteiger partial charge in [-0.15, -0.1) is 0 Å². The van der Waals surface area contributed by atoms with Crippen LogP contribution in [0.5, 0.6) is 0 Å². The summed E-state index contributed by atoms with van der Waals surface area (Å²) < 4.78 is 0. The van der Waals surface area contributed by atoms with Gasteiger partial charge >= 0.3 is 0 Å². The van der Waals surface area contributed by atoms with Crippen molar-refractivity contribution in [1.29, 1.82) is 0 Å². The first-order valence-corrected chi connectivity index (χ1v) is 7.86. The van der Waals surface area contributed by atoms with Crippen LogP contribution in [0.2, 0.25) is 0 Å². The molecule has 0 unspecified atom stereocenters. The molecule has 0 aliphatic heterocycles. The van der Waals surface area contributed by atoms with Crippen molar-refractivity contribution in [3.63, 3.8) is 0 Å². The molecule has 116 valence electrons. The number of nitrogens with zero attached hydrogens (tertiary/aromatic N) is 1. The Morgan fingerprint density at radius 3 is 1.33 bits per heavy atom. The first-order valence-electron chi connectivity index (χ1n) is 7.86. The molecule has 0 saturated carbocycles. The molecule has 0 bridgehead atoms. The number of aliphatic hydroxyl groups excluding tert-OH is 1. The summed E-state index contributed by atoms with van der Waals surface area (Å²) in [6.45, 7) is 17.7. The Hall–Kier alpha value is -0.0800. The second kappa shape index (κ2) is 22.1. The lowest BCUT2D eigenvalue weighted by atomic mass is 9.80. The molecule has 0 fully saturated rings. The molecule has 0 aromatic rings. The quantitative estimate of drug-likeness (QED) is 0.743. The van der Waals surface area contributed by atoms with Crippen LogP contribution >= 0.6 is 0 Å². The largest absolute Gasteiger partial charge is 0.396 e. The van der Waals surface area contributed by atoms with Crippen LogP contribution in [-0.4, -0.2) is 37.3 Å². The summed E-state index contributed by atoms with van der Waals surface area (Å²) in [5.41, 5.74) is 0.171. The second-order valence-electron chi connectivity index (χ2n) is 3.92. The van der Waals surface area contributed by atoms with E-state index in [9.17, 15) is 5.11 Å². The first kappa shape index (κ1) is 26.5. The van der Waals surface area contributed by atoms with Gasteiger partial charge in [0.2, 0.25) is 0 Å². The van der Waals surface area contributed by atoms with Gasteiger partial charge in [-0.1, -0.05) is 55.4 Å². The Morgan fingerprint density at radius 2 is 1.17 bits per heavy atom. The van der Waals surface area contributed by atoms with Crippen LogP contribution in [0.4, 0.5) is 0 Å². The van der Waals surface area contributed by atoms with Crippen molar-refractivity contribution in [3.8, 4) is 0 Å². The van der Waals surface area contributed by atoms with Crippen molar-refractivity contribution >= 4 is 0 Å². The van der Waals surface area contributed by atoms with E-state index < -0.39 is 0 Å². The molecule has 0 heterocycles. The molecule has 1 N–H and O–H groups in total. The number of aliphatic hydroxyl groups is 1. The van der Waals surface area contributed by atoms with Gasteiger partial charge in [-0.3, -0.25) is 0 Å². The van der Waals surface area contributed by atoms with Gasteiger partial charge < -0.3 is 10.0 Å². The minimum Gasteiger partial charge on any atom is -0.396 e. The van der Waals surface area contributed by atoms with Crippen molar-refractivity contribution in [3.05, 3.63) is 0 Å². The van der Waals surface area contributed by atoms with Gasteiger partial charge in [0, 0.05) is 6.61 Å². The molecule has 0 aromatic heterocycles. The third-order valence-electron chi connectivity index (χ3n) is 2.92. The van der Waals surface area contributed by atoms with Gasteiger partial charge in [0.15, 0.2) is 0 Å². The molecule has 18 heavy (non-hydrogen) atoms. The lowest BCUT2D eigenvalue weighted by molar-refractivity contribution is 0.0964. The highest BCUT2D eigenvalue weighted by Crippen LogP contribution is 2.29. The molecule has 0 aliphatic carbocycles. The predicted molar refractivity (Wildman–Crippen MR) is 87.3 cm³/mol. The Bertz CT molecular complexity index is 101. The van der Waals surface area contributed by atoms with E-state index in [2.05, 4.69) is 32.8 Å². The highest BCUT2D eigenvalue weighted by Gasteiger charge is 2.24. The molecule has 0 saturated heterocycles. The lowest BCUT2D eigenvalue weighted by Gasteiger charge is -2.30. The Morgan fingerprint density at radius 1 is 0.833 bits per heavy atom. The summed E-state index contributed by atoms with van der Waals surface area (Å²) in [7, 11) is 4.15. The van der Waals surface area contributed by atoms with Crippen molar-refractivity contribution in [2.24, 2.45) is 5.41 Å². The monoisotopic (exact) mass is 263 g/mol. The fourth-order valence-corrected chi connectivity index (χ4v) is 1.37. The standard InChI is InChI=1S/C10H23NO.3C2H6/c1-5-10(6-2,9-12)7-8-11(3)4;3*1-2/h12H,5-9H2,1-4H3;3*1-2H3. The number of hydrogen-bond donors (Lipinski definition) is 1. The zero-order chi connectivity index (χ0) is 15.6. The van der Waals surface area contributed by atoms with Crippen molar-refractivity contribution < 1.29 is 5.11 Å². The van der Waals surface area contributed by atoms with E-state index in [1.54, 1.807) is 0 Å². The summed E-state index contributed by atoms with van der Waals surface area (Å²) >= 11 is 0. The third-order valence-corrected chi connectivity index (χ3v) is 2.92. The van der Waals surface area contributed by atoms with Crippen LogP contribution in [0.3, 0.4) is 0 Å². The van der Waals surface area contributed by atoms with E-state index in [1.165, 1.54) is 0 Å². The van der Waals surface area contributed by atoms with Crippen LogP contribution in [0, 0.1) is 5.41 Å². The molecular formula is C16H41NO. The predicted octanol–water partition coefficient (Wildman–Crippen LogP) is 4.82. The van der Waals surface area contributed by atoms with Gasteiger partial charge in [0.25, 0.3) is 0 Å². The lowest BCUT2D eigenvalue weighted by Crippen LogP contribution is -2.28. The molecule has 0 aliphatic rings. The molecule has 0 spiro atoms. The smallest absolute Gasteiger partial charge is 0.0487 e. The number of hydrogen-bond acceptors (Lipinski definition) is 2. The summed E-state index contributed by atoms with van der Waals surface area (Å²) in [5.74, 6) is 0. The normalized spacial score (nSPS) is 9.33.